The van der Waals surface area contributed by atoms with Crippen molar-refractivity contribution in [3.8, 4) is 0 Å². The average Bonchev–Trinajstić information content (AvgIpc) is 1.68. The van der Waals surface area contributed by atoms with Crippen molar-refractivity contribution in [1.29, 1.82) is 0 Å². The highest BCUT2D eigenvalue weighted by atomic mass is 35.5. The predicted molar refractivity (Wildman–Crippen MR) is 23.7 cm³/mol. The summed E-state index contributed by atoms with van der Waals surface area (Å²) in [4.78, 5) is 0. The third kappa shape index (κ3) is 0.630. The summed E-state index contributed by atoms with van der Waals surface area (Å²) < 4.78 is 23.4. The first-order chi connectivity index (χ1) is 3.22. The molecule has 40 valence electrons. The normalized spacial score (nSPS) is 39.6. The van der Waals surface area contributed by atoms with Crippen molar-refractivity contribution in [2.24, 2.45) is 0 Å². The first kappa shape index (κ1) is 5.04. The monoisotopic (exact) mass is 124 g/mol. The van der Waals surface area contributed by atoms with E-state index in [0.29, 0.717) is 0 Å². The van der Waals surface area contributed by atoms with E-state index in [1.807, 2.05) is 0 Å². The Morgan fingerprint density at radius 3 is 2.14 bits per heavy atom. The topological polar surface area (TPSA) is 0 Å². The van der Waals surface area contributed by atoms with Gasteiger partial charge in [-0.1, -0.05) is 11.6 Å². The van der Waals surface area contributed by atoms with Gasteiger partial charge in [0.15, 0.2) is 12.3 Å². The highest BCUT2D eigenvalue weighted by molar-refractivity contribution is 6.31. The maximum absolute atomic E-state index is 11.7. The van der Waals surface area contributed by atoms with Gasteiger partial charge in [-0.3, -0.25) is 0 Å². The lowest BCUT2D eigenvalue weighted by Gasteiger charge is -2.17. The zero-order valence-electron chi connectivity index (χ0n) is 3.37. The Hall–Kier alpha value is -0.110. The second kappa shape index (κ2) is 1.44. The Morgan fingerprint density at radius 1 is 1.57 bits per heavy atom. The SMILES string of the molecule is FC1C=C(Cl)C1F. The lowest BCUT2D eigenvalue weighted by molar-refractivity contribution is 0.214. The van der Waals surface area contributed by atoms with Crippen LogP contribution in [0.2, 0.25) is 0 Å². The molecule has 0 bridgehead atoms. The van der Waals surface area contributed by atoms with Crippen LogP contribution in [0.5, 0.6) is 0 Å². The van der Waals surface area contributed by atoms with Crippen LogP contribution in [0.1, 0.15) is 0 Å². The molecule has 0 aromatic heterocycles. The van der Waals surface area contributed by atoms with Crippen LogP contribution >= 0.6 is 11.6 Å². The van der Waals surface area contributed by atoms with Gasteiger partial charge in [-0.05, 0) is 6.08 Å². The molecule has 1 aliphatic carbocycles. The van der Waals surface area contributed by atoms with Crippen molar-refractivity contribution >= 4 is 11.6 Å². The third-order valence-corrected chi connectivity index (χ3v) is 1.20. The van der Waals surface area contributed by atoms with E-state index < -0.39 is 12.3 Å². The largest absolute Gasteiger partial charge is 0.239 e. The van der Waals surface area contributed by atoms with Gasteiger partial charge in [0.2, 0.25) is 0 Å². The zero-order valence-corrected chi connectivity index (χ0v) is 4.12. The minimum absolute atomic E-state index is 0.00694. The molecule has 1 rings (SSSR count). The number of alkyl halides is 2. The molecule has 2 unspecified atom stereocenters. The number of hydrogen-bond donors (Lipinski definition) is 0. The van der Waals surface area contributed by atoms with Gasteiger partial charge in [-0.25, -0.2) is 8.78 Å². The summed E-state index contributed by atoms with van der Waals surface area (Å²) >= 11 is 5.04. The van der Waals surface area contributed by atoms with Crippen LogP contribution in [0, 0.1) is 0 Å². The van der Waals surface area contributed by atoms with E-state index >= 15 is 0 Å². The minimum atomic E-state index is -1.54. The number of rotatable bonds is 0. The molecule has 0 N–H and O–H groups in total. The molecule has 0 saturated carbocycles. The van der Waals surface area contributed by atoms with Crippen molar-refractivity contribution in [3.05, 3.63) is 11.1 Å². The molecule has 0 saturated heterocycles. The van der Waals surface area contributed by atoms with E-state index in [1.54, 1.807) is 0 Å². The molecule has 0 aromatic rings. The Bertz CT molecular complexity index is 110. The molecule has 0 heterocycles. The number of hydrogen-bond acceptors (Lipinski definition) is 0. The maximum Gasteiger partial charge on any atom is 0.170 e. The van der Waals surface area contributed by atoms with Gasteiger partial charge in [0.05, 0.1) is 5.03 Å². The summed E-state index contributed by atoms with van der Waals surface area (Å²) in [6, 6.07) is 0. The summed E-state index contributed by atoms with van der Waals surface area (Å²) in [5.41, 5.74) is 0. The molecule has 0 aromatic carbocycles. The van der Waals surface area contributed by atoms with Gasteiger partial charge >= 0.3 is 0 Å². The first-order valence-electron chi connectivity index (χ1n) is 1.87. The van der Waals surface area contributed by atoms with E-state index in [0.717, 1.165) is 6.08 Å². The van der Waals surface area contributed by atoms with Gasteiger partial charge in [0.25, 0.3) is 0 Å². The molecule has 1 aliphatic rings. The average molecular weight is 125 g/mol. The molecule has 3 heteroatoms. The van der Waals surface area contributed by atoms with Crippen LogP contribution in [0.25, 0.3) is 0 Å². The van der Waals surface area contributed by atoms with E-state index in [-0.39, 0.29) is 5.03 Å². The first-order valence-corrected chi connectivity index (χ1v) is 2.25. The lowest BCUT2D eigenvalue weighted by atomic mass is 10.1. The highest BCUT2D eigenvalue weighted by Gasteiger charge is 2.30. The number of halogens is 3. The zero-order chi connectivity index (χ0) is 5.44. The molecule has 0 spiro atoms. The van der Waals surface area contributed by atoms with E-state index in [1.165, 1.54) is 0 Å². The third-order valence-electron chi connectivity index (χ3n) is 0.861. The molecule has 0 radical (unpaired) electrons. The Morgan fingerprint density at radius 2 is 2.14 bits per heavy atom. The van der Waals surface area contributed by atoms with E-state index in [2.05, 4.69) is 0 Å². The molecular formula is C4H3ClF2. The van der Waals surface area contributed by atoms with Crippen molar-refractivity contribution in [2.45, 2.75) is 12.3 Å². The fourth-order valence-electron chi connectivity index (χ4n) is 0.362. The van der Waals surface area contributed by atoms with Gasteiger partial charge in [-0.15, -0.1) is 0 Å². The summed E-state index contributed by atoms with van der Waals surface area (Å²) in [5, 5.41) is -0.00694. The van der Waals surface area contributed by atoms with Crippen LogP contribution in [-0.4, -0.2) is 12.3 Å². The molecular weight excluding hydrogens is 121 g/mol. The van der Waals surface area contributed by atoms with Gasteiger partial charge < -0.3 is 0 Å². The molecule has 0 nitrogen and oxygen atoms in total. The smallest absolute Gasteiger partial charge is 0.170 e. The fourth-order valence-corrected chi connectivity index (χ4v) is 0.603. The molecule has 0 fully saturated rings. The number of allylic oxidation sites excluding steroid dienone is 2. The molecule has 0 aliphatic heterocycles. The van der Waals surface area contributed by atoms with Crippen LogP contribution in [0.3, 0.4) is 0 Å². The fraction of sp³-hybridized carbons (Fsp3) is 0.500. The Labute approximate surface area is 44.8 Å². The molecule has 7 heavy (non-hydrogen) atoms. The van der Waals surface area contributed by atoms with Gasteiger partial charge in [0.1, 0.15) is 0 Å². The van der Waals surface area contributed by atoms with Crippen molar-refractivity contribution in [2.75, 3.05) is 0 Å². The molecule has 0 amide bonds. The minimum Gasteiger partial charge on any atom is -0.239 e. The summed E-state index contributed by atoms with van der Waals surface area (Å²) in [6.07, 6.45) is -1.94. The van der Waals surface area contributed by atoms with Crippen molar-refractivity contribution in [3.63, 3.8) is 0 Å². The standard InChI is InChI=1S/C4H3ClF2/c5-2-1-3(6)4(2)7/h1,3-4H. The van der Waals surface area contributed by atoms with Crippen LogP contribution < -0.4 is 0 Å². The van der Waals surface area contributed by atoms with Gasteiger partial charge in [0, 0.05) is 0 Å². The van der Waals surface area contributed by atoms with Crippen LogP contribution in [-0.2, 0) is 0 Å². The summed E-state index contributed by atoms with van der Waals surface area (Å²) in [7, 11) is 0. The van der Waals surface area contributed by atoms with Crippen LogP contribution in [0.4, 0.5) is 8.78 Å². The predicted octanol–water partition coefficient (Wildman–Crippen LogP) is 1.80. The van der Waals surface area contributed by atoms with Gasteiger partial charge in [-0.2, -0.15) is 0 Å². The second-order valence-electron chi connectivity index (χ2n) is 1.40. The quantitative estimate of drug-likeness (QED) is 0.462. The lowest BCUT2D eigenvalue weighted by Crippen LogP contribution is -2.24. The Kier molecular flexibility index (Phi) is 1.04. The van der Waals surface area contributed by atoms with Crippen LogP contribution in [0.15, 0.2) is 11.1 Å². The van der Waals surface area contributed by atoms with Crippen molar-refractivity contribution < 1.29 is 8.78 Å². The molecule has 2 atom stereocenters. The summed E-state index contributed by atoms with van der Waals surface area (Å²) in [5.74, 6) is 0. The van der Waals surface area contributed by atoms with E-state index in [9.17, 15) is 8.78 Å². The highest BCUT2D eigenvalue weighted by Crippen LogP contribution is 2.28. The maximum atomic E-state index is 11.7. The Balaban J connectivity index is 2.57. The second-order valence-corrected chi connectivity index (χ2v) is 1.83. The van der Waals surface area contributed by atoms with Crippen molar-refractivity contribution in [1.82, 2.24) is 0 Å². The summed E-state index contributed by atoms with van der Waals surface area (Å²) in [6.45, 7) is 0. The van der Waals surface area contributed by atoms with E-state index in [4.69, 9.17) is 11.6 Å².